The third-order valence-corrected chi connectivity index (χ3v) is 14.1. The van der Waals surface area contributed by atoms with Gasteiger partial charge in [-0.25, -0.2) is 4.52 Å². The van der Waals surface area contributed by atoms with Gasteiger partial charge in [-0.15, -0.1) is 0 Å². The van der Waals surface area contributed by atoms with Gasteiger partial charge in [0.2, 0.25) is 0 Å². The van der Waals surface area contributed by atoms with Crippen molar-refractivity contribution >= 4 is 33.4 Å². The maximum atomic E-state index is 5.50. The highest BCUT2D eigenvalue weighted by Gasteiger charge is 2.46. The summed E-state index contributed by atoms with van der Waals surface area (Å²) in [5.74, 6) is 0. The molecule has 13 rings (SSSR count). The first-order valence-electron chi connectivity index (χ1n) is 23.7. The van der Waals surface area contributed by atoms with E-state index in [9.17, 15) is 0 Å². The lowest BCUT2D eigenvalue weighted by Crippen LogP contribution is -2.28. The number of para-hydroxylation sites is 1. The third kappa shape index (κ3) is 6.54. The molecule has 2 aromatic heterocycles. The number of pyridine rings is 1. The van der Waals surface area contributed by atoms with E-state index in [0.29, 0.717) is 0 Å². The number of benzene rings is 10. The van der Waals surface area contributed by atoms with Crippen LogP contribution in [0.4, 0.5) is 17.1 Å². The molecule has 3 nitrogen and oxygen atoms in total. The molecule has 0 N–H and O–H groups in total. The van der Waals surface area contributed by atoms with E-state index in [-0.39, 0.29) is 0 Å². The highest BCUT2D eigenvalue weighted by molar-refractivity contribution is 6.10. The molecule has 69 heavy (non-hydrogen) atoms. The molecule has 0 atom stereocenters. The molecule has 12 aromatic rings. The SMILES string of the molecule is c1ccc(-c2ccccc2N(c2ccc3c(c2)C(c2ccccc2)(c2ccccc2)c2ccccc2-3)c2ccc3c(c2)cc(-c2ccccc2)n2nc(-c4ccccc4)c(-c4ccccc4)c32)cc1. The van der Waals surface area contributed by atoms with Gasteiger partial charge < -0.3 is 4.90 Å². The molecular formula is C66H45N3. The van der Waals surface area contributed by atoms with Gasteiger partial charge in [-0.3, -0.25) is 0 Å². The van der Waals surface area contributed by atoms with Crippen LogP contribution in [0.25, 0.3) is 72.2 Å². The Kier molecular flexibility index (Phi) is 9.73. The van der Waals surface area contributed by atoms with Crippen molar-refractivity contribution in [2.45, 2.75) is 5.41 Å². The van der Waals surface area contributed by atoms with Crippen LogP contribution >= 0.6 is 0 Å². The summed E-state index contributed by atoms with van der Waals surface area (Å²) in [5, 5.41) is 7.75. The minimum Gasteiger partial charge on any atom is -0.310 e. The van der Waals surface area contributed by atoms with Gasteiger partial charge in [0.1, 0.15) is 5.69 Å². The standard InChI is InChI=1S/C66H45N3/c1-7-23-46(24-8-1)55-35-20-22-38-61(55)68(54-40-42-58-57-36-19-21-37-59(57)66(60(58)45-54,51-31-15-5-16-32-51)52-33-17-6-18-34-52)53-39-41-56-50(43-53)44-62(47-25-9-2-10-26-47)69-65(56)63(48-27-11-3-12-28-48)64(67-69)49-29-13-4-14-30-49/h1-45H. The van der Waals surface area contributed by atoms with Gasteiger partial charge in [0, 0.05) is 39.0 Å². The molecule has 0 saturated heterocycles. The third-order valence-electron chi connectivity index (χ3n) is 14.1. The van der Waals surface area contributed by atoms with Crippen LogP contribution in [0.3, 0.4) is 0 Å². The number of nitrogens with zero attached hydrogens (tertiary/aromatic N) is 3. The second kappa shape index (κ2) is 16.7. The number of hydrogen-bond acceptors (Lipinski definition) is 2. The lowest BCUT2D eigenvalue weighted by atomic mass is 9.67. The average molecular weight is 880 g/mol. The molecular weight excluding hydrogens is 835 g/mol. The molecule has 0 amide bonds. The van der Waals surface area contributed by atoms with Crippen LogP contribution in [-0.4, -0.2) is 9.61 Å². The average Bonchev–Trinajstić information content (AvgIpc) is 3.98. The number of aromatic nitrogens is 2. The minimum absolute atomic E-state index is 0.555. The Hall–Kier alpha value is -9.05. The smallest absolute Gasteiger partial charge is 0.101 e. The quantitative estimate of drug-likeness (QED) is 0.144. The number of fused-ring (bicyclic) bond motifs is 6. The molecule has 1 aliphatic rings. The van der Waals surface area contributed by atoms with Crippen LogP contribution in [0.1, 0.15) is 22.3 Å². The maximum Gasteiger partial charge on any atom is 0.101 e. The molecule has 10 aromatic carbocycles. The van der Waals surface area contributed by atoms with Crippen LogP contribution < -0.4 is 4.90 Å². The van der Waals surface area contributed by atoms with E-state index in [0.717, 1.165) is 78.1 Å². The Bertz CT molecular complexity index is 3770. The van der Waals surface area contributed by atoms with Crippen molar-refractivity contribution in [2.24, 2.45) is 0 Å². The van der Waals surface area contributed by atoms with Gasteiger partial charge in [0.15, 0.2) is 0 Å². The highest BCUT2D eigenvalue weighted by atomic mass is 15.2. The van der Waals surface area contributed by atoms with Crippen molar-refractivity contribution in [2.75, 3.05) is 4.90 Å². The molecule has 0 bridgehead atoms. The van der Waals surface area contributed by atoms with Crippen LogP contribution in [0, 0.1) is 0 Å². The second-order valence-electron chi connectivity index (χ2n) is 17.9. The molecule has 1 aliphatic carbocycles. The molecule has 0 saturated carbocycles. The van der Waals surface area contributed by atoms with Crippen LogP contribution in [0.5, 0.6) is 0 Å². The van der Waals surface area contributed by atoms with Crippen LogP contribution in [0.15, 0.2) is 273 Å². The topological polar surface area (TPSA) is 20.5 Å². The summed E-state index contributed by atoms with van der Waals surface area (Å²) in [5.41, 5.74) is 20.0. The Morgan fingerprint density at radius 2 is 0.855 bits per heavy atom. The first kappa shape index (κ1) is 40.2. The predicted octanol–water partition coefficient (Wildman–Crippen LogP) is 17.0. The van der Waals surface area contributed by atoms with Gasteiger partial charge in [0.05, 0.1) is 22.3 Å². The predicted molar refractivity (Wildman–Crippen MR) is 286 cm³/mol. The first-order chi connectivity index (χ1) is 34.3. The number of rotatable bonds is 9. The van der Waals surface area contributed by atoms with Crippen molar-refractivity contribution in [3.8, 4) is 55.9 Å². The summed E-state index contributed by atoms with van der Waals surface area (Å²) in [4.78, 5) is 2.47. The highest BCUT2D eigenvalue weighted by Crippen LogP contribution is 2.57. The van der Waals surface area contributed by atoms with Crippen molar-refractivity contribution < 1.29 is 0 Å². The fourth-order valence-electron chi connectivity index (χ4n) is 11.1. The molecule has 3 heteroatoms. The molecule has 0 spiro atoms. The van der Waals surface area contributed by atoms with Crippen LogP contribution in [0.2, 0.25) is 0 Å². The molecule has 324 valence electrons. The monoisotopic (exact) mass is 879 g/mol. The number of hydrogen-bond donors (Lipinski definition) is 0. The van der Waals surface area contributed by atoms with E-state index < -0.39 is 5.41 Å². The zero-order valence-electron chi connectivity index (χ0n) is 37.8. The summed E-state index contributed by atoms with van der Waals surface area (Å²) >= 11 is 0. The van der Waals surface area contributed by atoms with Gasteiger partial charge in [0.25, 0.3) is 0 Å². The summed E-state index contributed by atoms with van der Waals surface area (Å²) in [6, 6.07) is 99.2. The van der Waals surface area contributed by atoms with Crippen molar-refractivity contribution in [3.05, 3.63) is 295 Å². The summed E-state index contributed by atoms with van der Waals surface area (Å²) < 4.78 is 2.18. The maximum absolute atomic E-state index is 5.50. The Morgan fingerprint density at radius 3 is 1.51 bits per heavy atom. The lowest BCUT2D eigenvalue weighted by molar-refractivity contribution is 0.768. The summed E-state index contributed by atoms with van der Waals surface area (Å²) in [6.45, 7) is 0. The number of anilines is 3. The molecule has 0 fully saturated rings. The molecule has 0 radical (unpaired) electrons. The van der Waals surface area contributed by atoms with Gasteiger partial charge in [-0.05, 0) is 86.3 Å². The van der Waals surface area contributed by atoms with E-state index in [1.807, 2.05) is 0 Å². The molecule has 2 heterocycles. The molecule has 0 unspecified atom stereocenters. The Morgan fingerprint density at radius 1 is 0.362 bits per heavy atom. The van der Waals surface area contributed by atoms with E-state index >= 15 is 0 Å². The van der Waals surface area contributed by atoms with Crippen molar-refractivity contribution in [3.63, 3.8) is 0 Å². The zero-order valence-corrected chi connectivity index (χ0v) is 37.8. The van der Waals surface area contributed by atoms with E-state index in [2.05, 4.69) is 282 Å². The Balaban J connectivity index is 1.11. The fourth-order valence-corrected chi connectivity index (χ4v) is 11.1. The lowest BCUT2D eigenvalue weighted by Gasteiger charge is -2.35. The fraction of sp³-hybridized carbons (Fsp3) is 0.0152. The normalized spacial score (nSPS) is 12.5. The molecule has 0 aliphatic heterocycles. The van der Waals surface area contributed by atoms with Crippen LogP contribution in [-0.2, 0) is 5.41 Å². The largest absolute Gasteiger partial charge is 0.310 e. The van der Waals surface area contributed by atoms with Crippen molar-refractivity contribution in [1.29, 1.82) is 0 Å². The summed E-state index contributed by atoms with van der Waals surface area (Å²) in [7, 11) is 0. The van der Waals surface area contributed by atoms with E-state index in [1.54, 1.807) is 0 Å². The Labute approximate surface area is 402 Å². The van der Waals surface area contributed by atoms with Gasteiger partial charge in [-0.1, -0.05) is 237 Å². The van der Waals surface area contributed by atoms with E-state index in [1.165, 1.54) is 33.4 Å². The minimum atomic E-state index is -0.555. The summed E-state index contributed by atoms with van der Waals surface area (Å²) in [6.07, 6.45) is 0. The van der Waals surface area contributed by atoms with E-state index in [4.69, 9.17) is 5.10 Å². The first-order valence-corrected chi connectivity index (χ1v) is 23.7. The van der Waals surface area contributed by atoms with Gasteiger partial charge in [-0.2, -0.15) is 5.10 Å². The van der Waals surface area contributed by atoms with Gasteiger partial charge >= 0.3 is 0 Å². The second-order valence-corrected chi connectivity index (χ2v) is 17.9. The zero-order chi connectivity index (χ0) is 45.7. The van der Waals surface area contributed by atoms with Crippen molar-refractivity contribution in [1.82, 2.24) is 9.61 Å².